The zero-order valence-electron chi connectivity index (χ0n) is 18.9. The number of ether oxygens (including phenoxy) is 2. The summed E-state index contributed by atoms with van der Waals surface area (Å²) in [5, 5.41) is 0. The summed E-state index contributed by atoms with van der Waals surface area (Å²) in [7, 11) is -4.00. The monoisotopic (exact) mass is 445 g/mol. The first-order valence-corrected chi connectivity index (χ1v) is 12.1. The zero-order chi connectivity index (χ0) is 22.5. The van der Waals surface area contributed by atoms with Gasteiger partial charge in [-0.1, -0.05) is 6.42 Å². The Hall–Kier alpha value is -1.55. The van der Waals surface area contributed by atoms with Crippen LogP contribution in [0.3, 0.4) is 0 Å². The third-order valence-corrected chi connectivity index (χ3v) is 7.30. The first-order valence-electron chi connectivity index (χ1n) is 10.6. The molecule has 9 nitrogen and oxygen atoms in total. The average Bonchev–Trinajstić information content (AvgIpc) is 2.35. The minimum atomic E-state index is -4.00. The van der Waals surface area contributed by atoms with Crippen LogP contribution in [0.25, 0.3) is 0 Å². The highest BCUT2D eigenvalue weighted by Gasteiger charge is 2.58. The number of hydrogen-bond acceptors (Lipinski definition) is 6. The van der Waals surface area contributed by atoms with E-state index in [1.165, 1.54) is 4.31 Å². The SMILES string of the molecule is CC(C)(C)OC(=O)NS(=O)(=O)N(C1CCC1)C1CC2(C1)CN(C(=O)OC(C)(C)C)C2. The summed E-state index contributed by atoms with van der Waals surface area (Å²) >= 11 is 0. The number of nitrogens with zero attached hydrogens (tertiary/aromatic N) is 2. The predicted molar refractivity (Wildman–Crippen MR) is 111 cm³/mol. The molecule has 1 heterocycles. The van der Waals surface area contributed by atoms with Gasteiger partial charge >= 0.3 is 22.4 Å². The van der Waals surface area contributed by atoms with E-state index in [4.69, 9.17) is 9.47 Å². The highest BCUT2D eigenvalue weighted by molar-refractivity contribution is 7.87. The van der Waals surface area contributed by atoms with E-state index in [0.29, 0.717) is 25.9 Å². The van der Waals surface area contributed by atoms with Gasteiger partial charge in [-0.15, -0.1) is 0 Å². The van der Waals surface area contributed by atoms with E-state index in [1.807, 2.05) is 20.8 Å². The van der Waals surface area contributed by atoms with E-state index in [2.05, 4.69) is 4.72 Å². The van der Waals surface area contributed by atoms with Crippen molar-refractivity contribution in [3.05, 3.63) is 0 Å². The maximum absolute atomic E-state index is 13.0. The molecule has 0 aromatic carbocycles. The number of rotatable bonds is 4. The van der Waals surface area contributed by atoms with Crippen molar-refractivity contribution in [2.24, 2.45) is 5.41 Å². The lowest BCUT2D eigenvalue weighted by Gasteiger charge is -2.61. The van der Waals surface area contributed by atoms with Gasteiger partial charge in [0.2, 0.25) is 0 Å². The van der Waals surface area contributed by atoms with E-state index in [9.17, 15) is 18.0 Å². The molecule has 2 saturated carbocycles. The molecule has 1 aliphatic heterocycles. The molecular formula is C20H35N3O6S. The van der Waals surface area contributed by atoms with Crippen LogP contribution in [-0.2, 0) is 19.7 Å². The van der Waals surface area contributed by atoms with Gasteiger partial charge in [-0.05, 0) is 67.2 Å². The van der Waals surface area contributed by atoms with Gasteiger partial charge in [0.05, 0.1) is 0 Å². The van der Waals surface area contributed by atoms with Crippen LogP contribution < -0.4 is 4.72 Å². The Morgan fingerprint density at radius 3 is 1.93 bits per heavy atom. The molecule has 2 amide bonds. The van der Waals surface area contributed by atoms with Crippen molar-refractivity contribution in [2.45, 2.75) is 96.9 Å². The number of hydrogen-bond donors (Lipinski definition) is 1. The first-order chi connectivity index (χ1) is 13.6. The Bertz CT molecular complexity index is 780. The maximum Gasteiger partial charge on any atom is 0.422 e. The largest absolute Gasteiger partial charge is 0.444 e. The molecule has 1 spiro atoms. The normalized spacial score (nSPS) is 22.2. The lowest BCUT2D eigenvalue weighted by Crippen LogP contribution is -2.70. The lowest BCUT2D eigenvalue weighted by atomic mass is 9.60. The molecular weight excluding hydrogens is 410 g/mol. The van der Waals surface area contributed by atoms with Crippen molar-refractivity contribution in [3.8, 4) is 0 Å². The number of amides is 2. The molecule has 3 fully saturated rings. The summed E-state index contributed by atoms with van der Waals surface area (Å²) in [4.78, 5) is 25.9. The Labute approximate surface area is 179 Å². The van der Waals surface area contributed by atoms with Crippen LogP contribution >= 0.6 is 0 Å². The fraction of sp³-hybridized carbons (Fsp3) is 0.900. The second kappa shape index (κ2) is 7.55. The fourth-order valence-corrected chi connectivity index (χ4v) is 5.89. The van der Waals surface area contributed by atoms with E-state index in [-0.39, 0.29) is 23.6 Å². The number of carbonyl (C=O) groups is 2. The van der Waals surface area contributed by atoms with Crippen molar-refractivity contribution in [1.82, 2.24) is 13.9 Å². The van der Waals surface area contributed by atoms with Crippen molar-refractivity contribution in [1.29, 1.82) is 0 Å². The van der Waals surface area contributed by atoms with Crippen molar-refractivity contribution < 1.29 is 27.5 Å². The van der Waals surface area contributed by atoms with Gasteiger partial charge in [-0.3, -0.25) is 0 Å². The van der Waals surface area contributed by atoms with E-state index >= 15 is 0 Å². The molecule has 0 aromatic heterocycles. The van der Waals surface area contributed by atoms with Crippen LogP contribution in [0.4, 0.5) is 9.59 Å². The number of nitrogens with one attached hydrogen (secondary N) is 1. The molecule has 10 heteroatoms. The van der Waals surface area contributed by atoms with Gasteiger partial charge in [0, 0.05) is 30.6 Å². The third-order valence-electron chi connectivity index (χ3n) is 5.72. The quantitative estimate of drug-likeness (QED) is 0.713. The molecule has 30 heavy (non-hydrogen) atoms. The number of likely N-dealkylation sites (tertiary alicyclic amines) is 1. The van der Waals surface area contributed by atoms with Gasteiger partial charge in [0.25, 0.3) is 0 Å². The summed E-state index contributed by atoms with van der Waals surface area (Å²) in [5.74, 6) is 0. The average molecular weight is 446 g/mol. The van der Waals surface area contributed by atoms with Crippen molar-refractivity contribution in [3.63, 3.8) is 0 Å². The summed E-state index contributed by atoms with van der Waals surface area (Å²) in [6.45, 7) is 11.7. The number of carbonyl (C=O) groups excluding carboxylic acids is 2. The molecule has 1 saturated heterocycles. The van der Waals surface area contributed by atoms with Crippen LogP contribution in [-0.4, -0.2) is 66.2 Å². The molecule has 1 N–H and O–H groups in total. The second-order valence-corrected chi connectivity index (χ2v) is 12.5. The zero-order valence-corrected chi connectivity index (χ0v) is 19.7. The van der Waals surface area contributed by atoms with Crippen molar-refractivity contribution >= 4 is 22.4 Å². The van der Waals surface area contributed by atoms with Gasteiger partial charge in [0.1, 0.15) is 11.2 Å². The Morgan fingerprint density at radius 1 is 0.967 bits per heavy atom. The minimum Gasteiger partial charge on any atom is -0.444 e. The maximum atomic E-state index is 13.0. The Morgan fingerprint density at radius 2 is 1.50 bits per heavy atom. The van der Waals surface area contributed by atoms with Crippen LogP contribution in [0.1, 0.15) is 73.6 Å². The smallest absolute Gasteiger partial charge is 0.422 e. The topological polar surface area (TPSA) is 105 Å². The Kier molecular flexibility index (Phi) is 5.81. The highest BCUT2D eigenvalue weighted by Crippen LogP contribution is 2.52. The van der Waals surface area contributed by atoms with E-state index < -0.39 is 27.5 Å². The molecule has 0 radical (unpaired) electrons. The third kappa shape index (κ3) is 5.19. The molecule has 2 aliphatic carbocycles. The molecule has 0 unspecified atom stereocenters. The second-order valence-electron chi connectivity index (χ2n) is 10.9. The molecule has 172 valence electrons. The summed E-state index contributed by atoms with van der Waals surface area (Å²) in [6.07, 6.45) is 2.64. The first kappa shape index (κ1) is 23.1. The van der Waals surface area contributed by atoms with E-state index in [1.54, 1.807) is 25.7 Å². The van der Waals surface area contributed by atoms with E-state index in [0.717, 1.165) is 19.3 Å². The van der Waals surface area contributed by atoms with Crippen LogP contribution in [0.15, 0.2) is 0 Å². The molecule has 0 aromatic rings. The van der Waals surface area contributed by atoms with Gasteiger partial charge < -0.3 is 14.4 Å². The Balaban J connectivity index is 1.59. The predicted octanol–water partition coefficient (Wildman–Crippen LogP) is 3.01. The molecule has 3 rings (SSSR count). The van der Waals surface area contributed by atoms with Gasteiger partial charge in [0.15, 0.2) is 0 Å². The summed E-state index contributed by atoms with van der Waals surface area (Å²) < 4.78 is 40.0. The van der Waals surface area contributed by atoms with Crippen LogP contribution in [0.2, 0.25) is 0 Å². The lowest BCUT2D eigenvalue weighted by molar-refractivity contribution is -0.102. The molecule has 3 aliphatic rings. The summed E-state index contributed by atoms with van der Waals surface area (Å²) in [6, 6.07) is -0.259. The van der Waals surface area contributed by atoms with Crippen LogP contribution in [0.5, 0.6) is 0 Å². The molecule has 0 atom stereocenters. The minimum absolute atomic E-state index is 0.0506. The fourth-order valence-electron chi connectivity index (χ4n) is 4.39. The van der Waals surface area contributed by atoms with Gasteiger partial charge in [-0.2, -0.15) is 12.7 Å². The van der Waals surface area contributed by atoms with Crippen molar-refractivity contribution in [2.75, 3.05) is 13.1 Å². The van der Waals surface area contributed by atoms with Crippen LogP contribution in [0, 0.1) is 5.41 Å². The highest BCUT2D eigenvalue weighted by atomic mass is 32.2. The standard InChI is InChI=1S/C20H35N3O6S/c1-18(2,3)28-16(24)21-30(26,27)23(14-8-7-9-14)15-10-20(11-15)12-22(13-20)17(25)29-19(4,5)6/h14-15H,7-13H2,1-6H3,(H,21,24). The molecule has 0 bridgehead atoms. The summed E-state index contributed by atoms with van der Waals surface area (Å²) in [5.41, 5.74) is -1.37. The van der Waals surface area contributed by atoms with Gasteiger partial charge in [-0.25, -0.2) is 14.3 Å².